The highest BCUT2D eigenvalue weighted by atomic mass is 35.5. The number of benzene rings is 3. The normalized spacial score (nSPS) is 13.8. The monoisotopic (exact) mass is 492 g/mol. The van der Waals surface area contributed by atoms with E-state index in [4.69, 9.17) is 46.4 Å². The number of halogens is 4. The van der Waals surface area contributed by atoms with E-state index in [2.05, 4.69) is 0 Å². The zero-order valence-corrected chi connectivity index (χ0v) is 18.1. The summed E-state index contributed by atoms with van der Waals surface area (Å²) in [6, 6.07) is 11.5. The molecule has 0 aromatic heterocycles. The number of phenols is 2. The maximum atomic E-state index is 13.0. The molecule has 0 saturated carbocycles. The third-order valence-corrected chi connectivity index (χ3v) is 6.86. The second-order valence-corrected chi connectivity index (χ2v) is 9.36. The molecule has 3 aromatic carbocycles. The van der Waals surface area contributed by atoms with Crippen LogP contribution in [0.25, 0.3) is 0 Å². The highest BCUT2D eigenvalue weighted by Crippen LogP contribution is 2.51. The van der Waals surface area contributed by atoms with Gasteiger partial charge in [0.15, 0.2) is 4.75 Å². The molecule has 0 heterocycles. The van der Waals surface area contributed by atoms with E-state index in [1.165, 1.54) is 36.4 Å². The topological polar surface area (TPSA) is 94.8 Å². The summed E-state index contributed by atoms with van der Waals surface area (Å²) >= 11 is 24.3. The van der Waals surface area contributed by atoms with Gasteiger partial charge in [0, 0.05) is 15.6 Å². The molecule has 0 radical (unpaired) electrons. The summed E-state index contributed by atoms with van der Waals surface area (Å²) in [6.07, 6.45) is 0. The van der Waals surface area contributed by atoms with E-state index in [-0.39, 0.29) is 42.5 Å². The standard InChI is InChI=1S/C19H12Cl4O5S/c20-12-3-1-2-10(6-12)19(29(26,27)28,11-4-5-16(24)14(22)7-11)18-15(23)8-13(21)9-17(18)25/h1-9,24-25H,(H,26,27,28). The van der Waals surface area contributed by atoms with Crippen molar-refractivity contribution in [3.63, 3.8) is 0 Å². The van der Waals surface area contributed by atoms with Crippen molar-refractivity contribution in [1.29, 1.82) is 0 Å². The van der Waals surface area contributed by atoms with Gasteiger partial charge in [-0.1, -0.05) is 64.6 Å². The predicted molar refractivity (Wildman–Crippen MR) is 114 cm³/mol. The molecule has 3 rings (SSSR count). The van der Waals surface area contributed by atoms with Gasteiger partial charge in [-0.2, -0.15) is 8.42 Å². The maximum Gasteiger partial charge on any atom is 0.283 e. The van der Waals surface area contributed by atoms with Crippen LogP contribution in [0.3, 0.4) is 0 Å². The average Bonchev–Trinajstić information content (AvgIpc) is 2.59. The third kappa shape index (κ3) is 3.77. The van der Waals surface area contributed by atoms with Gasteiger partial charge in [-0.25, -0.2) is 0 Å². The van der Waals surface area contributed by atoms with E-state index >= 15 is 0 Å². The molecule has 0 aliphatic rings. The minimum absolute atomic E-state index is 0.0196. The Morgan fingerprint density at radius 3 is 1.93 bits per heavy atom. The fourth-order valence-electron chi connectivity index (χ4n) is 3.22. The molecular formula is C19H12Cl4O5S. The molecular weight excluding hydrogens is 482 g/mol. The number of phenolic OH excluding ortho intramolecular Hbond substituents is 2. The summed E-state index contributed by atoms with van der Waals surface area (Å²) in [4.78, 5) is 0. The fraction of sp³-hybridized carbons (Fsp3) is 0.0526. The fourth-order valence-corrected chi connectivity index (χ4v) is 5.60. The molecule has 1 unspecified atom stereocenters. The van der Waals surface area contributed by atoms with Crippen LogP contribution in [0.5, 0.6) is 11.5 Å². The first-order valence-electron chi connectivity index (χ1n) is 7.89. The van der Waals surface area contributed by atoms with Gasteiger partial charge in [0.05, 0.1) is 10.0 Å². The molecule has 0 bridgehead atoms. The molecule has 0 spiro atoms. The Morgan fingerprint density at radius 2 is 1.38 bits per heavy atom. The Bertz CT molecular complexity index is 1190. The van der Waals surface area contributed by atoms with Crippen molar-refractivity contribution in [3.8, 4) is 11.5 Å². The zero-order chi connectivity index (χ0) is 21.6. The van der Waals surface area contributed by atoms with E-state index in [1.807, 2.05) is 0 Å². The van der Waals surface area contributed by atoms with E-state index in [0.29, 0.717) is 0 Å². The predicted octanol–water partition coefficient (Wildman–Crippen LogP) is 5.89. The van der Waals surface area contributed by atoms with Gasteiger partial charge in [-0.05, 0) is 47.5 Å². The van der Waals surface area contributed by atoms with Crippen molar-refractivity contribution in [2.75, 3.05) is 0 Å². The van der Waals surface area contributed by atoms with Crippen molar-refractivity contribution in [1.82, 2.24) is 0 Å². The van der Waals surface area contributed by atoms with Crippen LogP contribution in [0.2, 0.25) is 20.1 Å². The van der Waals surface area contributed by atoms with Gasteiger partial charge in [0.1, 0.15) is 11.5 Å². The first-order chi connectivity index (χ1) is 13.5. The molecule has 0 fully saturated rings. The third-order valence-electron chi connectivity index (χ3n) is 4.36. The van der Waals surface area contributed by atoms with Crippen molar-refractivity contribution in [3.05, 3.63) is 91.4 Å². The molecule has 152 valence electrons. The van der Waals surface area contributed by atoms with E-state index in [9.17, 15) is 23.2 Å². The summed E-state index contributed by atoms with van der Waals surface area (Å²) in [7, 11) is -5.08. The lowest BCUT2D eigenvalue weighted by atomic mass is 9.83. The zero-order valence-electron chi connectivity index (χ0n) is 14.3. The number of aromatic hydroxyl groups is 2. The van der Waals surface area contributed by atoms with E-state index in [1.54, 1.807) is 0 Å². The highest BCUT2D eigenvalue weighted by molar-refractivity contribution is 7.87. The number of hydrogen-bond acceptors (Lipinski definition) is 4. The van der Waals surface area contributed by atoms with Crippen LogP contribution in [0.15, 0.2) is 54.6 Å². The molecule has 1 atom stereocenters. The summed E-state index contributed by atoms with van der Waals surface area (Å²) in [5.74, 6) is -0.888. The molecule has 5 nitrogen and oxygen atoms in total. The average molecular weight is 494 g/mol. The first kappa shape index (κ1) is 22.0. The van der Waals surface area contributed by atoms with Crippen molar-refractivity contribution in [2.24, 2.45) is 0 Å². The Morgan fingerprint density at radius 1 is 0.724 bits per heavy atom. The molecule has 10 heteroatoms. The van der Waals surface area contributed by atoms with Gasteiger partial charge in [0.2, 0.25) is 0 Å². The van der Waals surface area contributed by atoms with Gasteiger partial charge >= 0.3 is 0 Å². The number of hydrogen-bond donors (Lipinski definition) is 3. The Kier molecular flexibility index (Phi) is 5.98. The van der Waals surface area contributed by atoms with Gasteiger partial charge in [-0.3, -0.25) is 4.55 Å². The number of rotatable bonds is 4. The second kappa shape index (κ2) is 7.87. The summed E-state index contributed by atoms with van der Waals surface area (Å²) < 4.78 is 34.0. The lowest BCUT2D eigenvalue weighted by molar-refractivity contribution is 0.440. The van der Waals surface area contributed by atoms with Crippen LogP contribution in [0.4, 0.5) is 0 Å². The quantitative estimate of drug-likeness (QED) is 0.311. The Balaban J connectivity index is 2.61. The van der Waals surface area contributed by atoms with Crippen LogP contribution in [0, 0.1) is 0 Å². The van der Waals surface area contributed by atoms with Crippen molar-refractivity contribution < 1.29 is 23.2 Å². The maximum absolute atomic E-state index is 13.0. The molecule has 3 N–H and O–H groups in total. The van der Waals surface area contributed by atoms with Gasteiger partial charge in [0.25, 0.3) is 10.1 Å². The minimum Gasteiger partial charge on any atom is -0.507 e. The lowest BCUT2D eigenvalue weighted by Crippen LogP contribution is -2.38. The second-order valence-electron chi connectivity index (χ2n) is 6.11. The van der Waals surface area contributed by atoms with Crippen LogP contribution >= 0.6 is 46.4 Å². The van der Waals surface area contributed by atoms with Crippen LogP contribution in [-0.4, -0.2) is 23.2 Å². The molecule has 3 aromatic rings. The summed E-state index contributed by atoms with van der Waals surface area (Å²) in [6.45, 7) is 0. The van der Waals surface area contributed by atoms with Crippen LogP contribution in [0.1, 0.15) is 16.7 Å². The summed E-state index contributed by atoms with van der Waals surface area (Å²) in [5, 5.41) is 20.2. The minimum atomic E-state index is -5.08. The van der Waals surface area contributed by atoms with Crippen LogP contribution < -0.4 is 0 Å². The lowest BCUT2D eigenvalue weighted by Gasteiger charge is -2.34. The molecule has 0 saturated heterocycles. The largest absolute Gasteiger partial charge is 0.507 e. The first-order valence-corrected chi connectivity index (χ1v) is 10.8. The van der Waals surface area contributed by atoms with Crippen molar-refractivity contribution >= 4 is 56.5 Å². The SMILES string of the molecule is O=S(=O)(O)C(c1cccc(Cl)c1)(c1ccc(O)c(Cl)c1)c1c(O)cc(Cl)cc1Cl. The van der Waals surface area contributed by atoms with E-state index < -0.39 is 20.6 Å². The highest BCUT2D eigenvalue weighted by Gasteiger charge is 2.51. The van der Waals surface area contributed by atoms with Gasteiger partial charge < -0.3 is 10.2 Å². The molecule has 0 aliphatic carbocycles. The molecule has 29 heavy (non-hydrogen) atoms. The van der Waals surface area contributed by atoms with Crippen LogP contribution in [-0.2, 0) is 14.9 Å². The molecule has 0 amide bonds. The Labute approximate surface area is 186 Å². The van der Waals surface area contributed by atoms with E-state index in [0.717, 1.165) is 18.2 Å². The summed E-state index contributed by atoms with van der Waals surface area (Å²) in [5.41, 5.74) is -0.464. The van der Waals surface area contributed by atoms with Crippen molar-refractivity contribution in [2.45, 2.75) is 4.75 Å². The smallest absolute Gasteiger partial charge is 0.283 e. The molecule has 0 aliphatic heterocycles. The van der Waals surface area contributed by atoms with Gasteiger partial charge in [-0.15, -0.1) is 0 Å². The Hall–Kier alpha value is -1.67.